The lowest BCUT2D eigenvalue weighted by Gasteiger charge is -2.32. The molecule has 3 nitrogen and oxygen atoms in total. The summed E-state index contributed by atoms with van der Waals surface area (Å²) in [6.07, 6.45) is 2.01. The van der Waals surface area contributed by atoms with Gasteiger partial charge in [0.2, 0.25) is 5.91 Å². The Kier molecular flexibility index (Phi) is 5.77. The number of carbonyl (C=O) groups is 1. The van der Waals surface area contributed by atoms with Gasteiger partial charge in [-0.3, -0.25) is 9.69 Å². The summed E-state index contributed by atoms with van der Waals surface area (Å²) in [5, 5.41) is 3.91. The lowest BCUT2D eigenvalue weighted by atomic mass is 9.96. The molecule has 25 heavy (non-hydrogen) atoms. The van der Waals surface area contributed by atoms with Gasteiger partial charge in [0.15, 0.2) is 0 Å². The van der Waals surface area contributed by atoms with Crippen molar-refractivity contribution >= 4 is 23.2 Å². The number of likely N-dealkylation sites (tertiary alicyclic amines) is 1. The minimum absolute atomic E-state index is 0.0417. The van der Waals surface area contributed by atoms with E-state index in [1.807, 2.05) is 44.2 Å². The molecule has 1 saturated heterocycles. The maximum Gasteiger partial charge on any atom is 0.228 e. The molecule has 4 heteroatoms. The average Bonchev–Trinajstić information content (AvgIpc) is 2.60. The summed E-state index contributed by atoms with van der Waals surface area (Å²) in [6, 6.07) is 14.1. The van der Waals surface area contributed by atoms with Crippen molar-refractivity contribution in [2.45, 2.75) is 33.2 Å². The number of hydrogen-bond acceptors (Lipinski definition) is 2. The maximum atomic E-state index is 12.8. The second-order valence-corrected chi connectivity index (χ2v) is 7.39. The quantitative estimate of drug-likeness (QED) is 0.852. The molecule has 1 heterocycles. The number of halogens is 1. The highest BCUT2D eigenvalue weighted by atomic mass is 35.5. The molecule has 1 aliphatic heterocycles. The zero-order chi connectivity index (χ0) is 17.8. The van der Waals surface area contributed by atoms with E-state index in [2.05, 4.69) is 22.3 Å². The first-order valence-electron chi connectivity index (χ1n) is 8.87. The number of benzene rings is 2. The molecule has 0 bridgehead atoms. The van der Waals surface area contributed by atoms with E-state index >= 15 is 0 Å². The SMILES string of the molecule is Cc1cccc(C)c1NC(=O)[C@@H]1CCCN(Cc2ccc(Cl)cc2)C1. The normalized spacial score (nSPS) is 18.1. The van der Waals surface area contributed by atoms with Gasteiger partial charge in [0.05, 0.1) is 5.92 Å². The number of piperidine rings is 1. The first-order valence-corrected chi connectivity index (χ1v) is 9.24. The van der Waals surface area contributed by atoms with E-state index in [0.29, 0.717) is 0 Å². The van der Waals surface area contributed by atoms with Gasteiger partial charge in [-0.25, -0.2) is 0 Å². The minimum atomic E-state index is 0.0417. The Morgan fingerprint density at radius 2 is 1.84 bits per heavy atom. The van der Waals surface area contributed by atoms with Gasteiger partial charge in [-0.2, -0.15) is 0 Å². The van der Waals surface area contributed by atoms with Crippen molar-refractivity contribution in [3.63, 3.8) is 0 Å². The smallest absolute Gasteiger partial charge is 0.228 e. The second-order valence-electron chi connectivity index (χ2n) is 6.96. The molecule has 1 atom stereocenters. The summed E-state index contributed by atoms with van der Waals surface area (Å²) < 4.78 is 0. The zero-order valence-corrected chi connectivity index (χ0v) is 15.6. The van der Waals surface area contributed by atoms with Gasteiger partial charge >= 0.3 is 0 Å². The third-order valence-electron chi connectivity index (χ3n) is 4.93. The molecular formula is C21H25ClN2O. The fraction of sp³-hybridized carbons (Fsp3) is 0.381. The van der Waals surface area contributed by atoms with Crippen LogP contribution in [0.3, 0.4) is 0 Å². The van der Waals surface area contributed by atoms with Crippen molar-refractivity contribution in [1.29, 1.82) is 0 Å². The third kappa shape index (κ3) is 4.62. The summed E-state index contributed by atoms with van der Waals surface area (Å²) in [4.78, 5) is 15.1. The Hall–Kier alpha value is -1.84. The van der Waals surface area contributed by atoms with Gasteiger partial charge in [0, 0.05) is 23.8 Å². The van der Waals surface area contributed by atoms with E-state index in [1.165, 1.54) is 5.56 Å². The number of nitrogens with zero attached hydrogens (tertiary/aromatic N) is 1. The van der Waals surface area contributed by atoms with Crippen LogP contribution in [-0.2, 0) is 11.3 Å². The Morgan fingerprint density at radius 1 is 1.16 bits per heavy atom. The van der Waals surface area contributed by atoms with Crippen LogP contribution in [0.5, 0.6) is 0 Å². The first-order chi connectivity index (χ1) is 12.0. The van der Waals surface area contributed by atoms with Crippen molar-refractivity contribution < 1.29 is 4.79 Å². The molecular weight excluding hydrogens is 332 g/mol. The summed E-state index contributed by atoms with van der Waals surface area (Å²) in [6.45, 7) is 6.78. The topological polar surface area (TPSA) is 32.3 Å². The minimum Gasteiger partial charge on any atom is -0.325 e. The lowest BCUT2D eigenvalue weighted by Crippen LogP contribution is -2.40. The highest BCUT2D eigenvalue weighted by Crippen LogP contribution is 2.24. The van der Waals surface area contributed by atoms with Crippen LogP contribution in [0.25, 0.3) is 0 Å². The highest BCUT2D eigenvalue weighted by molar-refractivity contribution is 6.30. The molecule has 0 saturated carbocycles. The second kappa shape index (κ2) is 8.03. The molecule has 1 amide bonds. The summed E-state index contributed by atoms with van der Waals surface area (Å²) in [5.41, 5.74) is 4.42. The van der Waals surface area contributed by atoms with Crippen LogP contribution in [0.4, 0.5) is 5.69 Å². The maximum absolute atomic E-state index is 12.8. The summed E-state index contributed by atoms with van der Waals surface area (Å²) in [7, 11) is 0. The molecule has 1 N–H and O–H groups in total. The molecule has 1 fully saturated rings. The van der Waals surface area contributed by atoms with Crippen LogP contribution in [-0.4, -0.2) is 23.9 Å². The fourth-order valence-corrected chi connectivity index (χ4v) is 3.62. The fourth-order valence-electron chi connectivity index (χ4n) is 3.50. The van der Waals surface area contributed by atoms with Crippen molar-refractivity contribution in [1.82, 2.24) is 4.90 Å². The summed E-state index contributed by atoms with van der Waals surface area (Å²) >= 11 is 5.96. The predicted octanol–water partition coefficient (Wildman–Crippen LogP) is 4.81. The van der Waals surface area contributed by atoms with Crippen LogP contribution in [0.15, 0.2) is 42.5 Å². The molecule has 1 aliphatic rings. The molecule has 0 spiro atoms. The molecule has 0 aromatic heterocycles. The van der Waals surface area contributed by atoms with Crippen molar-refractivity contribution in [2.75, 3.05) is 18.4 Å². The number of hydrogen-bond donors (Lipinski definition) is 1. The van der Waals surface area contributed by atoms with E-state index < -0.39 is 0 Å². The number of aryl methyl sites for hydroxylation is 2. The van der Waals surface area contributed by atoms with Gasteiger partial charge in [-0.1, -0.05) is 41.9 Å². The van der Waals surface area contributed by atoms with Crippen LogP contribution < -0.4 is 5.32 Å². The van der Waals surface area contributed by atoms with Gasteiger partial charge in [0.1, 0.15) is 0 Å². The monoisotopic (exact) mass is 356 g/mol. The molecule has 3 rings (SSSR count). The van der Waals surface area contributed by atoms with E-state index in [9.17, 15) is 4.79 Å². The first kappa shape index (κ1) is 18.0. The average molecular weight is 357 g/mol. The van der Waals surface area contributed by atoms with Crippen molar-refractivity contribution in [2.24, 2.45) is 5.92 Å². The summed E-state index contributed by atoms with van der Waals surface area (Å²) in [5.74, 6) is 0.179. The Balaban J connectivity index is 1.62. The van der Waals surface area contributed by atoms with Gasteiger partial charge in [0.25, 0.3) is 0 Å². The molecule has 132 valence electrons. The Labute approximate surface area is 155 Å². The molecule has 0 radical (unpaired) electrons. The highest BCUT2D eigenvalue weighted by Gasteiger charge is 2.26. The van der Waals surface area contributed by atoms with E-state index in [1.54, 1.807) is 0 Å². The van der Waals surface area contributed by atoms with Crippen LogP contribution in [0, 0.1) is 19.8 Å². The lowest BCUT2D eigenvalue weighted by molar-refractivity contribution is -0.121. The van der Waals surface area contributed by atoms with Crippen LogP contribution in [0.1, 0.15) is 29.5 Å². The molecule has 2 aromatic carbocycles. The number of anilines is 1. The number of nitrogens with one attached hydrogen (secondary N) is 1. The van der Waals surface area contributed by atoms with Crippen LogP contribution >= 0.6 is 11.6 Å². The van der Waals surface area contributed by atoms with Gasteiger partial charge < -0.3 is 5.32 Å². The van der Waals surface area contributed by atoms with Gasteiger partial charge in [-0.15, -0.1) is 0 Å². The van der Waals surface area contributed by atoms with E-state index in [-0.39, 0.29) is 11.8 Å². The van der Waals surface area contributed by atoms with Crippen LogP contribution in [0.2, 0.25) is 5.02 Å². The largest absolute Gasteiger partial charge is 0.325 e. The number of amides is 1. The number of para-hydroxylation sites is 1. The van der Waals surface area contributed by atoms with Gasteiger partial charge in [-0.05, 0) is 62.1 Å². The van der Waals surface area contributed by atoms with Crippen molar-refractivity contribution in [3.05, 3.63) is 64.2 Å². The predicted molar refractivity (Wildman–Crippen MR) is 104 cm³/mol. The molecule has 0 aliphatic carbocycles. The van der Waals surface area contributed by atoms with E-state index in [0.717, 1.165) is 54.3 Å². The molecule has 2 aromatic rings. The number of carbonyl (C=O) groups excluding carboxylic acids is 1. The third-order valence-corrected chi connectivity index (χ3v) is 5.18. The Bertz CT molecular complexity index is 722. The standard InChI is InChI=1S/C21H25ClN2O/c1-15-5-3-6-16(2)20(15)23-21(25)18-7-4-12-24(14-18)13-17-8-10-19(22)11-9-17/h3,5-6,8-11,18H,4,7,12-14H2,1-2H3,(H,23,25)/t18-/m1/s1. The molecule has 0 unspecified atom stereocenters. The Morgan fingerprint density at radius 3 is 2.52 bits per heavy atom. The van der Waals surface area contributed by atoms with Crippen molar-refractivity contribution in [3.8, 4) is 0 Å². The number of rotatable bonds is 4. The zero-order valence-electron chi connectivity index (χ0n) is 14.9. The van der Waals surface area contributed by atoms with E-state index in [4.69, 9.17) is 11.6 Å².